The van der Waals surface area contributed by atoms with Crippen LogP contribution >= 0.6 is 0 Å². The van der Waals surface area contributed by atoms with E-state index in [0.29, 0.717) is 0 Å². The molecule has 13 heavy (non-hydrogen) atoms. The Labute approximate surface area is 91.5 Å². The fraction of sp³-hybridized carbons (Fsp3) is 0.333. The predicted octanol–water partition coefficient (Wildman–Crippen LogP) is 3.54. The van der Waals surface area contributed by atoms with Crippen LogP contribution in [-0.2, 0) is 22.9 Å². The third-order valence-corrected chi connectivity index (χ3v) is 9.10. The van der Waals surface area contributed by atoms with Crippen molar-refractivity contribution >= 4 is 0 Å². The van der Waals surface area contributed by atoms with Crippen molar-refractivity contribution < 1.29 is 22.9 Å². The van der Waals surface area contributed by atoms with Crippen molar-refractivity contribution in [2.75, 3.05) is 0 Å². The average Bonchev–Trinajstić information content (AvgIpc) is 2.65. The van der Waals surface area contributed by atoms with Gasteiger partial charge in [-0.1, -0.05) is 0 Å². The molecule has 0 aromatic rings. The molecule has 0 saturated carbocycles. The zero-order valence-electron chi connectivity index (χ0n) is 8.22. The number of hydrogen-bond donors (Lipinski definition) is 0. The van der Waals surface area contributed by atoms with Crippen LogP contribution in [0.4, 0.5) is 0 Å². The van der Waals surface area contributed by atoms with Crippen molar-refractivity contribution in [1.82, 2.24) is 0 Å². The van der Waals surface area contributed by atoms with Crippen molar-refractivity contribution in [1.29, 1.82) is 0 Å². The molecule has 0 heterocycles. The van der Waals surface area contributed by atoms with Gasteiger partial charge in [0.15, 0.2) is 0 Å². The number of hydrogen-bond acceptors (Lipinski definition) is 0. The summed E-state index contributed by atoms with van der Waals surface area (Å²) in [6.07, 6.45) is 11.7. The zero-order valence-corrected chi connectivity index (χ0v) is 11.8. The molecule has 0 aromatic heterocycles. The second kappa shape index (κ2) is 3.91. The van der Waals surface area contributed by atoms with Gasteiger partial charge in [0.25, 0.3) is 0 Å². The van der Waals surface area contributed by atoms with E-state index < -0.39 is 22.9 Å². The molecule has 0 unspecified atom stereocenters. The standard InChI is InChI=1S/2C6H7.Hf/c2*1-6-4-2-3-5-6;/h2*2,4H,3H2,1H3;. The van der Waals surface area contributed by atoms with E-state index in [1.165, 1.54) is 12.8 Å². The topological polar surface area (TPSA) is 0 Å². The van der Waals surface area contributed by atoms with Crippen LogP contribution in [0.1, 0.15) is 26.7 Å². The van der Waals surface area contributed by atoms with E-state index in [1.807, 2.05) is 0 Å². The van der Waals surface area contributed by atoms with Crippen LogP contribution in [0.15, 0.2) is 42.1 Å². The van der Waals surface area contributed by atoms with Gasteiger partial charge in [0.2, 0.25) is 0 Å². The summed E-state index contributed by atoms with van der Waals surface area (Å²) < 4.78 is 3.61. The van der Waals surface area contributed by atoms with Crippen molar-refractivity contribution in [3.8, 4) is 0 Å². The minimum absolute atomic E-state index is 0.612. The first-order valence-corrected chi connectivity index (χ1v) is 8.36. The summed E-state index contributed by atoms with van der Waals surface area (Å²) in [7, 11) is 0. The third kappa shape index (κ3) is 2.01. The van der Waals surface area contributed by atoms with E-state index >= 15 is 0 Å². The first-order valence-electron chi connectivity index (χ1n) is 4.77. The van der Waals surface area contributed by atoms with Gasteiger partial charge in [0, 0.05) is 0 Å². The van der Waals surface area contributed by atoms with E-state index in [2.05, 4.69) is 38.2 Å². The van der Waals surface area contributed by atoms with Crippen LogP contribution in [0, 0.1) is 0 Å². The van der Waals surface area contributed by atoms with Crippen LogP contribution in [0.25, 0.3) is 0 Å². The van der Waals surface area contributed by atoms with Crippen molar-refractivity contribution in [3.63, 3.8) is 0 Å². The van der Waals surface area contributed by atoms with Gasteiger partial charge >= 0.3 is 91.7 Å². The first kappa shape index (κ1) is 9.39. The summed E-state index contributed by atoms with van der Waals surface area (Å²) in [6, 6.07) is 0. The SMILES string of the molecule is CC1=[C]([Hf][C]2=C(C)C=CC2)CC=C1. The Balaban J connectivity index is 2.08. The fourth-order valence-corrected chi connectivity index (χ4v) is 6.62. The third-order valence-electron chi connectivity index (χ3n) is 2.63. The summed E-state index contributed by atoms with van der Waals surface area (Å²) >= 11 is -0.612. The molecule has 66 valence electrons. The van der Waals surface area contributed by atoms with Gasteiger partial charge in [-0.25, -0.2) is 0 Å². The number of allylic oxidation sites excluding steroid dienone is 8. The Morgan fingerprint density at radius 1 is 0.923 bits per heavy atom. The molecule has 0 aromatic carbocycles. The van der Waals surface area contributed by atoms with Gasteiger partial charge in [0.1, 0.15) is 0 Å². The first-order chi connectivity index (χ1) is 6.27. The van der Waals surface area contributed by atoms with E-state index in [0.717, 1.165) is 0 Å². The Morgan fingerprint density at radius 2 is 1.38 bits per heavy atom. The van der Waals surface area contributed by atoms with Gasteiger partial charge < -0.3 is 0 Å². The molecule has 0 N–H and O–H groups in total. The van der Waals surface area contributed by atoms with E-state index in [-0.39, 0.29) is 0 Å². The monoisotopic (exact) mass is 338 g/mol. The maximum absolute atomic E-state index is 2.32. The molecular weight excluding hydrogens is 323 g/mol. The molecule has 0 atom stereocenters. The molecule has 2 aliphatic carbocycles. The summed E-state index contributed by atoms with van der Waals surface area (Å²) in [5.74, 6) is 0. The van der Waals surface area contributed by atoms with Crippen molar-refractivity contribution in [2.45, 2.75) is 26.7 Å². The van der Waals surface area contributed by atoms with E-state index in [4.69, 9.17) is 0 Å². The van der Waals surface area contributed by atoms with E-state index in [1.54, 1.807) is 17.8 Å². The van der Waals surface area contributed by atoms with Gasteiger partial charge in [-0.2, -0.15) is 0 Å². The fourth-order valence-electron chi connectivity index (χ4n) is 1.71. The van der Waals surface area contributed by atoms with Gasteiger partial charge in [-0.05, 0) is 0 Å². The van der Waals surface area contributed by atoms with Gasteiger partial charge in [-0.15, -0.1) is 0 Å². The van der Waals surface area contributed by atoms with Gasteiger partial charge in [0.05, 0.1) is 0 Å². The molecular formula is C12H14Hf. The molecule has 0 aliphatic heterocycles. The van der Waals surface area contributed by atoms with Crippen LogP contribution in [0.3, 0.4) is 0 Å². The average molecular weight is 337 g/mol. The van der Waals surface area contributed by atoms with Gasteiger partial charge in [-0.3, -0.25) is 0 Å². The summed E-state index contributed by atoms with van der Waals surface area (Å²) in [5, 5.41) is 0. The molecule has 0 spiro atoms. The molecule has 0 radical (unpaired) electrons. The maximum atomic E-state index is 2.32. The molecule has 0 amide bonds. The molecule has 0 fully saturated rings. The molecule has 0 nitrogen and oxygen atoms in total. The second-order valence-electron chi connectivity index (χ2n) is 3.66. The molecule has 1 heteroatoms. The van der Waals surface area contributed by atoms with Crippen LogP contribution < -0.4 is 0 Å². The quantitative estimate of drug-likeness (QED) is 0.677. The Hall–Kier alpha value is -0.170. The van der Waals surface area contributed by atoms with Crippen molar-refractivity contribution in [3.05, 3.63) is 42.1 Å². The van der Waals surface area contributed by atoms with E-state index in [9.17, 15) is 0 Å². The normalized spacial score (nSPS) is 20.8. The summed E-state index contributed by atoms with van der Waals surface area (Å²) in [4.78, 5) is 0. The Bertz CT molecular complexity index is 306. The summed E-state index contributed by atoms with van der Waals surface area (Å²) in [6.45, 7) is 4.54. The zero-order chi connectivity index (χ0) is 9.26. The minimum atomic E-state index is -0.612. The molecule has 0 saturated heterocycles. The van der Waals surface area contributed by atoms with Crippen LogP contribution in [0.2, 0.25) is 0 Å². The predicted molar refractivity (Wildman–Crippen MR) is 52.9 cm³/mol. The Morgan fingerprint density at radius 3 is 1.69 bits per heavy atom. The molecule has 0 bridgehead atoms. The second-order valence-corrected chi connectivity index (χ2v) is 8.90. The van der Waals surface area contributed by atoms with Crippen LogP contribution in [0.5, 0.6) is 0 Å². The molecule has 2 aliphatic rings. The number of rotatable bonds is 2. The summed E-state index contributed by atoms with van der Waals surface area (Å²) in [5.41, 5.74) is 3.13. The van der Waals surface area contributed by atoms with Crippen molar-refractivity contribution in [2.24, 2.45) is 0 Å². The van der Waals surface area contributed by atoms with Crippen LogP contribution in [-0.4, -0.2) is 0 Å². The Kier molecular flexibility index (Phi) is 2.83. The molecule has 2 rings (SSSR count).